The molecule has 0 aliphatic rings. The zero-order chi connectivity index (χ0) is 15.4. The first-order valence-electron chi connectivity index (χ1n) is 6.48. The van der Waals surface area contributed by atoms with Crippen LogP contribution in [0.2, 0.25) is 5.02 Å². The molecule has 0 atom stereocenters. The highest BCUT2D eigenvalue weighted by Crippen LogP contribution is 2.16. The maximum absolute atomic E-state index is 11.8. The predicted octanol–water partition coefficient (Wildman–Crippen LogP) is 2.95. The molecule has 3 rings (SSSR count). The number of hydrogen-bond donors (Lipinski definition) is 1. The van der Waals surface area contributed by atoms with E-state index < -0.39 is 0 Å². The third-order valence-electron chi connectivity index (χ3n) is 2.77. The van der Waals surface area contributed by atoms with Gasteiger partial charge in [0.2, 0.25) is 17.6 Å². The average molecular weight is 319 g/mol. The molecule has 7 nitrogen and oxygen atoms in total. The van der Waals surface area contributed by atoms with Crippen molar-refractivity contribution in [3.8, 4) is 11.6 Å². The zero-order valence-electron chi connectivity index (χ0n) is 11.3. The summed E-state index contributed by atoms with van der Waals surface area (Å²) in [4.78, 5) is 20.0. The summed E-state index contributed by atoms with van der Waals surface area (Å²) in [6, 6.07) is 6.74. The smallest absolute Gasteiger partial charge is 0.238 e. The highest BCUT2D eigenvalue weighted by molar-refractivity contribution is 6.30. The van der Waals surface area contributed by atoms with Crippen molar-refractivity contribution in [2.45, 2.75) is 12.8 Å². The number of furan rings is 1. The molecule has 0 spiro atoms. The summed E-state index contributed by atoms with van der Waals surface area (Å²) in [5, 5.41) is 6.96. The lowest BCUT2D eigenvalue weighted by Gasteiger charge is -2.02. The Labute approximate surface area is 130 Å². The first kappa shape index (κ1) is 14.3. The van der Waals surface area contributed by atoms with E-state index in [2.05, 4.69) is 20.4 Å². The Kier molecular flexibility index (Phi) is 4.15. The fourth-order valence-corrected chi connectivity index (χ4v) is 1.85. The SMILES string of the molecule is O=C(CCc1nc(-c2ccco2)no1)Nc1ccc(Cl)cn1. The molecule has 0 fully saturated rings. The number of aryl methyl sites for hydroxylation is 1. The maximum atomic E-state index is 11.8. The summed E-state index contributed by atoms with van der Waals surface area (Å²) < 4.78 is 10.2. The van der Waals surface area contributed by atoms with Gasteiger partial charge in [-0.25, -0.2) is 4.98 Å². The second kappa shape index (κ2) is 6.40. The Hall–Kier alpha value is -2.67. The fourth-order valence-electron chi connectivity index (χ4n) is 1.74. The van der Waals surface area contributed by atoms with E-state index in [1.54, 1.807) is 24.3 Å². The average Bonchev–Trinajstić information content (AvgIpc) is 3.18. The lowest BCUT2D eigenvalue weighted by Crippen LogP contribution is -2.13. The summed E-state index contributed by atoms with van der Waals surface area (Å²) in [6.07, 6.45) is 3.51. The normalized spacial score (nSPS) is 10.6. The van der Waals surface area contributed by atoms with Crippen molar-refractivity contribution in [3.63, 3.8) is 0 Å². The van der Waals surface area contributed by atoms with Gasteiger partial charge >= 0.3 is 0 Å². The number of carbonyl (C=O) groups is 1. The number of nitrogens with zero attached hydrogens (tertiary/aromatic N) is 3. The summed E-state index contributed by atoms with van der Waals surface area (Å²) in [7, 11) is 0. The first-order valence-corrected chi connectivity index (χ1v) is 6.86. The van der Waals surface area contributed by atoms with Crippen molar-refractivity contribution in [1.82, 2.24) is 15.1 Å². The number of nitrogens with one attached hydrogen (secondary N) is 1. The highest BCUT2D eigenvalue weighted by atomic mass is 35.5. The Balaban J connectivity index is 1.54. The molecule has 0 radical (unpaired) electrons. The van der Waals surface area contributed by atoms with Crippen molar-refractivity contribution in [2.75, 3.05) is 5.32 Å². The van der Waals surface area contributed by atoms with Crippen molar-refractivity contribution in [2.24, 2.45) is 0 Å². The van der Waals surface area contributed by atoms with Crippen LogP contribution in [-0.4, -0.2) is 21.0 Å². The summed E-state index contributed by atoms with van der Waals surface area (Å²) in [5.74, 6) is 1.49. The quantitative estimate of drug-likeness (QED) is 0.777. The van der Waals surface area contributed by atoms with Crippen LogP contribution >= 0.6 is 11.6 Å². The van der Waals surface area contributed by atoms with Gasteiger partial charge in [0, 0.05) is 19.0 Å². The van der Waals surface area contributed by atoms with Crippen LogP contribution in [0.1, 0.15) is 12.3 Å². The van der Waals surface area contributed by atoms with Crippen molar-refractivity contribution >= 4 is 23.3 Å². The van der Waals surface area contributed by atoms with Crippen LogP contribution in [0.4, 0.5) is 5.82 Å². The molecule has 0 saturated heterocycles. The lowest BCUT2D eigenvalue weighted by molar-refractivity contribution is -0.116. The maximum Gasteiger partial charge on any atom is 0.238 e. The predicted molar refractivity (Wildman–Crippen MR) is 78.2 cm³/mol. The lowest BCUT2D eigenvalue weighted by atomic mass is 10.3. The molecular formula is C14H11ClN4O3. The molecule has 8 heteroatoms. The minimum atomic E-state index is -0.201. The van der Waals surface area contributed by atoms with Crippen molar-refractivity contribution in [3.05, 3.63) is 47.6 Å². The number of rotatable bonds is 5. The van der Waals surface area contributed by atoms with E-state index in [1.807, 2.05) is 0 Å². The second-order valence-electron chi connectivity index (χ2n) is 4.40. The van der Waals surface area contributed by atoms with Gasteiger partial charge in [0.15, 0.2) is 5.76 Å². The molecule has 112 valence electrons. The summed E-state index contributed by atoms with van der Waals surface area (Å²) in [5.41, 5.74) is 0. The fraction of sp³-hybridized carbons (Fsp3) is 0.143. The van der Waals surface area contributed by atoms with Crippen molar-refractivity contribution in [1.29, 1.82) is 0 Å². The van der Waals surface area contributed by atoms with E-state index in [4.69, 9.17) is 20.5 Å². The molecule has 0 aliphatic carbocycles. The number of anilines is 1. The van der Waals surface area contributed by atoms with Crippen LogP contribution in [-0.2, 0) is 11.2 Å². The Bertz CT molecular complexity index is 753. The van der Waals surface area contributed by atoms with Gasteiger partial charge in [-0.2, -0.15) is 4.98 Å². The van der Waals surface area contributed by atoms with Gasteiger partial charge in [0.05, 0.1) is 11.3 Å². The molecule has 3 heterocycles. The zero-order valence-corrected chi connectivity index (χ0v) is 12.1. The van der Waals surface area contributed by atoms with Crippen LogP contribution in [0.25, 0.3) is 11.6 Å². The first-order chi connectivity index (χ1) is 10.7. The van der Waals surface area contributed by atoms with Gasteiger partial charge in [0.25, 0.3) is 0 Å². The number of carbonyl (C=O) groups excluding carboxylic acids is 1. The Morgan fingerprint density at radius 3 is 2.95 bits per heavy atom. The molecule has 3 aromatic rings. The van der Waals surface area contributed by atoms with Gasteiger partial charge in [-0.1, -0.05) is 16.8 Å². The molecule has 3 aromatic heterocycles. The molecule has 0 saturated carbocycles. The van der Waals surface area contributed by atoms with E-state index in [-0.39, 0.29) is 12.3 Å². The van der Waals surface area contributed by atoms with Crippen LogP contribution in [0.3, 0.4) is 0 Å². The summed E-state index contributed by atoms with van der Waals surface area (Å²) >= 11 is 5.72. The van der Waals surface area contributed by atoms with Gasteiger partial charge in [-0.3, -0.25) is 4.79 Å². The second-order valence-corrected chi connectivity index (χ2v) is 4.84. The molecule has 0 aliphatic heterocycles. The van der Waals surface area contributed by atoms with E-state index in [9.17, 15) is 4.79 Å². The van der Waals surface area contributed by atoms with Crippen LogP contribution in [0.5, 0.6) is 0 Å². The number of aromatic nitrogens is 3. The third-order valence-corrected chi connectivity index (χ3v) is 2.99. The highest BCUT2D eigenvalue weighted by Gasteiger charge is 2.12. The Morgan fingerprint density at radius 1 is 1.32 bits per heavy atom. The number of halogens is 1. The van der Waals surface area contributed by atoms with Gasteiger partial charge in [-0.05, 0) is 24.3 Å². The van der Waals surface area contributed by atoms with Crippen molar-refractivity contribution < 1.29 is 13.7 Å². The van der Waals surface area contributed by atoms with Crippen LogP contribution in [0, 0.1) is 0 Å². The van der Waals surface area contributed by atoms with Crippen LogP contribution < -0.4 is 5.32 Å². The van der Waals surface area contributed by atoms with E-state index >= 15 is 0 Å². The molecule has 1 amide bonds. The minimum Gasteiger partial charge on any atom is -0.461 e. The monoisotopic (exact) mass is 318 g/mol. The van der Waals surface area contributed by atoms with Crippen LogP contribution in [0.15, 0.2) is 45.7 Å². The van der Waals surface area contributed by atoms with Gasteiger partial charge < -0.3 is 14.3 Å². The molecule has 22 heavy (non-hydrogen) atoms. The molecule has 1 N–H and O–H groups in total. The number of amides is 1. The molecule has 0 aromatic carbocycles. The minimum absolute atomic E-state index is 0.199. The van der Waals surface area contributed by atoms with E-state index in [1.165, 1.54) is 12.5 Å². The van der Waals surface area contributed by atoms with Gasteiger partial charge in [0.1, 0.15) is 5.82 Å². The molecule has 0 bridgehead atoms. The van der Waals surface area contributed by atoms with Gasteiger partial charge in [-0.15, -0.1) is 0 Å². The van der Waals surface area contributed by atoms with E-state index in [0.29, 0.717) is 34.7 Å². The molecule has 0 unspecified atom stereocenters. The number of pyridine rings is 1. The summed E-state index contributed by atoms with van der Waals surface area (Å²) in [6.45, 7) is 0. The molecular weight excluding hydrogens is 308 g/mol. The largest absolute Gasteiger partial charge is 0.461 e. The number of hydrogen-bond acceptors (Lipinski definition) is 6. The topological polar surface area (TPSA) is 94.0 Å². The Morgan fingerprint density at radius 2 is 2.23 bits per heavy atom. The van der Waals surface area contributed by atoms with E-state index in [0.717, 1.165) is 0 Å². The standard InChI is InChI=1S/C14H11ClN4O3/c15-9-3-4-11(16-8-9)17-12(20)5-6-13-18-14(19-22-13)10-2-1-7-21-10/h1-4,7-8H,5-6H2,(H,16,17,20). The third kappa shape index (κ3) is 3.50.